The lowest BCUT2D eigenvalue weighted by Gasteiger charge is -2.16. The molecule has 2 aromatic carbocycles. The van der Waals surface area contributed by atoms with E-state index in [-0.39, 0.29) is 23.8 Å². The monoisotopic (exact) mass is 445 g/mol. The molecule has 1 aliphatic rings. The van der Waals surface area contributed by atoms with E-state index in [1.807, 2.05) is 37.3 Å². The van der Waals surface area contributed by atoms with Crippen molar-refractivity contribution in [3.8, 4) is 5.69 Å². The number of hydrogen-bond donors (Lipinski definition) is 1. The number of aryl methyl sites for hydroxylation is 1. The average molecular weight is 445 g/mol. The summed E-state index contributed by atoms with van der Waals surface area (Å²) in [7, 11) is 0. The molecule has 1 N–H and O–H groups in total. The fourth-order valence-corrected chi connectivity index (χ4v) is 4.11. The van der Waals surface area contributed by atoms with Gasteiger partial charge in [0.15, 0.2) is 0 Å². The highest BCUT2D eigenvalue weighted by Gasteiger charge is 2.30. The number of rotatable bonds is 6. The average Bonchev–Trinajstić information content (AvgIpc) is 3.53. The van der Waals surface area contributed by atoms with Crippen molar-refractivity contribution in [2.45, 2.75) is 45.2 Å². The molecule has 4 aromatic rings. The summed E-state index contributed by atoms with van der Waals surface area (Å²) < 4.78 is 17.1. The lowest BCUT2D eigenvalue weighted by Crippen LogP contribution is -2.36. The highest BCUT2D eigenvalue weighted by Crippen LogP contribution is 2.41. The van der Waals surface area contributed by atoms with Gasteiger partial charge in [-0.1, -0.05) is 30.3 Å². The number of amides is 1. The Bertz CT molecular complexity index is 1410. The number of para-hydroxylation sites is 1. The Morgan fingerprint density at radius 3 is 2.67 bits per heavy atom. The second-order valence-electron chi connectivity index (χ2n) is 8.59. The van der Waals surface area contributed by atoms with Crippen LogP contribution in [-0.2, 0) is 11.3 Å². The van der Waals surface area contributed by atoms with E-state index < -0.39 is 11.9 Å². The number of nitrogens with one attached hydrogen (secondary N) is 1. The molecule has 1 atom stereocenters. The van der Waals surface area contributed by atoms with Crippen LogP contribution in [0.4, 0.5) is 4.39 Å². The van der Waals surface area contributed by atoms with Gasteiger partial charge in [0.05, 0.1) is 23.6 Å². The highest BCUT2D eigenvalue weighted by atomic mass is 19.1. The molecule has 1 amide bonds. The normalized spacial score (nSPS) is 14.4. The van der Waals surface area contributed by atoms with Crippen molar-refractivity contribution in [1.29, 1.82) is 0 Å². The van der Waals surface area contributed by atoms with E-state index in [0.29, 0.717) is 11.1 Å². The molecule has 1 aliphatic carbocycles. The second-order valence-corrected chi connectivity index (χ2v) is 8.59. The van der Waals surface area contributed by atoms with Crippen LogP contribution in [0.15, 0.2) is 59.5 Å². The van der Waals surface area contributed by atoms with Gasteiger partial charge in [0.25, 0.3) is 5.56 Å². The van der Waals surface area contributed by atoms with E-state index in [1.165, 1.54) is 10.7 Å². The van der Waals surface area contributed by atoms with E-state index in [4.69, 9.17) is 0 Å². The van der Waals surface area contributed by atoms with E-state index >= 15 is 0 Å². The van der Waals surface area contributed by atoms with Crippen LogP contribution in [0.3, 0.4) is 0 Å². The first kappa shape index (κ1) is 21.1. The van der Waals surface area contributed by atoms with Gasteiger partial charge >= 0.3 is 0 Å². The Morgan fingerprint density at radius 2 is 1.97 bits per heavy atom. The number of carbonyl (C=O) groups is 1. The fourth-order valence-electron chi connectivity index (χ4n) is 4.11. The van der Waals surface area contributed by atoms with Crippen LogP contribution >= 0.6 is 0 Å². The van der Waals surface area contributed by atoms with E-state index in [9.17, 15) is 14.0 Å². The quantitative estimate of drug-likeness (QED) is 0.490. The Balaban J connectivity index is 1.48. The largest absolute Gasteiger partial charge is 0.348 e. The van der Waals surface area contributed by atoms with Crippen molar-refractivity contribution >= 4 is 16.8 Å². The summed E-state index contributed by atoms with van der Waals surface area (Å²) in [5.41, 5.74) is 2.77. The summed E-state index contributed by atoms with van der Waals surface area (Å²) in [6.07, 6.45) is 3.66. The van der Waals surface area contributed by atoms with Gasteiger partial charge < -0.3 is 5.32 Å². The number of halogens is 1. The molecule has 1 saturated carbocycles. The molecule has 0 radical (unpaired) electrons. The summed E-state index contributed by atoms with van der Waals surface area (Å²) >= 11 is 0. The molecule has 2 aromatic heterocycles. The smallest absolute Gasteiger partial charge is 0.293 e. The van der Waals surface area contributed by atoms with Crippen LogP contribution in [0.1, 0.15) is 48.5 Å². The summed E-state index contributed by atoms with van der Waals surface area (Å²) in [6, 6.07) is 13.7. The summed E-state index contributed by atoms with van der Waals surface area (Å²) in [4.78, 5) is 26.2. The van der Waals surface area contributed by atoms with Gasteiger partial charge in [-0.05, 0) is 50.5 Å². The first-order valence-corrected chi connectivity index (χ1v) is 11.0. The molecule has 2 heterocycles. The van der Waals surface area contributed by atoms with Crippen LogP contribution in [0, 0.1) is 12.7 Å². The number of carbonyl (C=O) groups excluding carboxylic acids is 1. The van der Waals surface area contributed by atoms with Crippen LogP contribution in [0.2, 0.25) is 0 Å². The molecule has 168 valence electrons. The minimum atomic E-state index is -0.546. The predicted octanol–water partition coefficient (Wildman–Crippen LogP) is 3.78. The van der Waals surface area contributed by atoms with Gasteiger partial charge in [0.2, 0.25) is 5.91 Å². The Hall–Kier alpha value is -3.81. The zero-order valence-electron chi connectivity index (χ0n) is 18.5. The number of benzene rings is 2. The van der Waals surface area contributed by atoms with E-state index in [1.54, 1.807) is 29.9 Å². The summed E-state index contributed by atoms with van der Waals surface area (Å²) in [6.45, 7) is 3.26. The zero-order valence-corrected chi connectivity index (χ0v) is 18.5. The first-order chi connectivity index (χ1) is 15.9. The molecule has 7 nitrogen and oxygen atoms in total. The first-order valence-electron chi connectivity index (χ1n) is 11.0. The van der Waals surface area contributed by atoms with Crippen molar-refractivity contribution in [3.63, 3.8) is 0 Å². The van der Waals surface area contributed by atoms with Crippen LogP contribution in [0.25, 0.3) is 16.6 Å². The van der Waals surface area contributed by atoms with Crippen LogP contribution in [-0.4, -0.2) is 25.5 Å². The third kappa shape index (κ3) is 4.04. The SMILES string of the molecule is Cc1ccc(C(C)NC(=O)Cn2nc(C3CC3)c3cnn(-c4ccccc4)c3c2=O)c(F)c1. The van der Waals surface area contributed by atoms with Gasteiger partial charge in [-0.2, -0.15) is 10.2 Å². The number of aromatic nitrogens is 4. The second kappa shape index (κ2) is 8.27. The van der Waals surface area contributed by atoms with Crippen molar-refractivity contribution in [2.75, 3.05) is 0 Å². The topological polar surface area (TPSA) is 81.8 Å². The van der Waals surface area contributed by atoms with Crippen LogP contribution < -0.4 is 10.9 Å². The number of nitrogens with zero attached hydrogens (tertiary/aromatic N) is 4. The summed E-state index contributed by atoms with van der Waals surface area (Å²) in [5.74, 6) is -0.525. The van der Waals surface area contributed by atoms with Gasteiger partial charge in [-0.15, -0.1) is 0 Å². The molecular formula is C25H24FN5O2. The van der Waals surface area contributed by atoms with Crippen molar-refractivity contribution in [1.82, 2.24) is 24.9 Å². The minimum Gasteiger partial charge on any atom is -0.348 e. The maximum Gasteiger partial charge on any atom is 0.293 e. The molecule has 0 bridgehead atoms. The predicted molar refractivity (Wildman–Crippen MR) is 123 cm³/mol. The zero-order chi connectivity index (χ0) is 23.1. The Morgan fingerprint density at radius 1 is 1.21 bits per heavy atom. The Kier molecular flexibility index (Phi) is 5.28. The minimum absolute atomic E-state index is 0.258. The van der Waals surface area contributed by atoms with E-state index in [2.05, 4.69) is 15.5 Å². The molecule has 1 unspecified atom stereocenters. The standard InChI is InChI=1S/C25H24FN5O2/c1-15-8-11-19(21(26)12-15)16(2)28-22(32)14-30-25(33)24-20(23(29-30)17-9-10-17)13-27-31(24)18-6-4-3-5-7-18/h3-8,11-13,16-17H,9-10,14H2,1-2H3,(H,28,32). The van der Waals surface area contributed by atoms with Crippen molar-refractivity contribution < 1.29 is 9.18 Å². The van der Waals surface area contributed by atoms with E-state index in [0.717, 1.165) is 35.2 Å². The van der Waals surface area contributed by atoms with Crippen molar-refractivity contribution in [3.05, 3.63) is 87.7 Å². The van der Waals surface area contributed by atoms with Crippen molar-refractivity contribution in [2.24, 2.45) is 0 Å². The Labute approximate surface area is 189 Å². The molecule has 0 spiro atoms. The molecule has 5 rings (SSSR count). The van der Waals surface area contributed by atoms with Gasteiger partial charge in [0, 0.05) is 16.9 Å². The highest BCUT2D eigenvalue weighted by molar-refractivity contribution is 5.83. The van der Waals surface area contributed by atoms with Gasteiger partial charge in [0.1, 0.15) is 17.9 Å². The molecule has 8 heteroatoms. The number of fused-ring (bicyclic) bond motifs is 1. The molecular weight excluding hydrogens is 421 g/mol. The van der Waals surface area contributed by atoms with Gasteiger partial charge in [-0.25, -0.2) is 13.8 Å². The summed E-state index contributed by atoms with van der Waals surface area (Å²) in [5, 5.41) is 12.5. The fraction of sp³-hybridized carbons (Fsp3) is 0.280. The molecule has 0 aliphatic heterocycles. The molecule has 0 saturated heterocycles. The molecule has 1 fully saturated rings. The lowest BCUT2D eigenvalue weighted by molar-refractivity contribution is -0.122. The maximum atomic E-state index is 14.3. The third-order valence-electron chi connectivity index (χ3n) is 5.97. The third-order valence-corrected chi connectivity index (χ3v) is 5.97. The van der Waals surface area contributed by atoms with Crippen LogP contribution in [0.5, 0.6) is 0 Å². The van der Waals surface area contributed by atoms with Gasteiger partial charge in [-0.3, -0.25) is 9.59 Å². The maximum absolute atomic E-state index is 14.3. The lowest BCUT2D eigenvalue weighted by atomic mass is 10.1. The number of hydrogen-bond acceptors (Lipinski definition) is 4. The molecule has 33 heavy (non-hydrogen) atoms.